The second-order valence-corrected chi connectivity index (χ2v) is 6.83. The predicted octanol–water partition coefficient (Wildman–Crippen LogP) is 3.42. The highest BCUT2D eigenvalue weighted by Crippen LogP contribution is 2.27. The molecule has 3 rings (SSSR count). The molecule has 2 aromatic rings. The van der Waals surface area contributed by atoms with E-state index < -0.39 is 6.04 Å². The zero-order valence-electron chi connectivity index (χ0n) is 15.1. The van der Waals surface area contributed by atoms with Crippen LogP contribution in [-0.2, 0) is 9.59 Å². The monoisotopic (exact) mass is 387 g/mol. The molecule has 1 unspecified atom stereocenters. The summed E-state index contributed by atoms with van der Waals surface area (Å²) in [6, 6.07) is 17.9. The van der Waals surface area contributed by atoms with Crippen LogP contribution in [0.1, 0.15) is 37.3 Å². The summed E-state index contributed by atoms with van der Waals surface area (Å²) in [5.74, 6) is -0.195. The third-order valence-electron chi connectivity index (χ3n) is 4.91. The van der Waals surface area contributed by atoms with E-state index in [-0.39, 0.29) is 36.2 Å². The van der Waals surface area contributed by atoms with Crippen molar-refractivity contribution in [1.29, 1.82) is 0 Å². The molecule has 0 aromatic heterocycles. The van der Waals surface area contributed by atoms with Gasteiger partial charge in [-0.05, 0) is 36.5 Å². The van der Waals surface area contributed by atoms with E-state index in [9.17, 15) is 9.59 Å². The standard InChI is InChI=1S/C21H25N3O2.ClH/c22-18-13-7-10-16(18)14-19(25)24-20(15-8-3-1-4-9-15)21(26)23-17-11-5-2-6-12-17;/h1-6,8-9,11-12,16,18,20H,7,10,13-14,22H2,(H,23,26)(H,24,25);1H/t16-,18+,20?;/m0./s1. The maximum atomic E-state index is 12.8. The molecule has 144 valence electrons. The Bertz CT molecular complexity index is 740. The van der Waals surface area contributed by atoms with Crippen LogP contribution < -0.4 is 16.4 Å². The third-order valence-corrected chi connectivity index (χ3v) is 4.91. The number of amides is 2. The first kappa shape index (κ1) is 20.9. The van der Waals surface area contributed by atoms with Crippen LogP contribution in [0.4, 0.5) is 5.69 Å². The molecule has 0 aliphatic heterocycles. The first-order chi connectivity index (χ1) is 12.6. The predicted molar refractivity (Wildman–Crippen MR) is 110 cm³/mol. The Morgan fingerprint density at radius 3 is 2.22 bits per heavy atom. The van der Waals surface area contributed by atoms with Gasteiger partial charge < -0.3 is 16.4 Å². The zero-order chi connectivity index (χ0) is 18.4. The molecule has 0 saturated heterocycles. The number of carbonyl (C=O) groups is 2. The van der Waals surface area contributed by atoms with Crippen LogP contribution in [0.5, 0.6) is 0 Å². The molecular weight excluding hydrogens is 362 g/mol. The van der Waals surface area contributed by atoms with Gasteiger partial charge in [0.25, 0.3) is 5.91 Å². The van der Waals surface area contributed by atoms with Crippen molar-refractivity contribution in [2.45, 2.75) is 37.8 Å². The van der Waals surface area contributed by atoms with Crippen LogP contribution in [-0.4, -0.2) is 17.9 Å². The summed E-state index contributed by atoms with van der Waals surface area (Å²) < 4.78 is 0. The summed E-state index contributed by atoms with van der Waals surface area (Å²) in [4.78, 5) is 25.3. The summed E-state index contributed by atoms with van der Waals surface area (Å²) >= 11 is 0. The van der Waals surface area contributed by atoms with Crippen LogP contribution in [0.3, 0.4) is 0 Å². The van der Waals surface area contributed by atoms with Gasteiger partial charge >= 0.3 is 0 Å². The molecule has 2 aromatic carbocycles. The second-order valence-electron chi connectivity index (χ2n) is 6.83. The minimum absolute atomic E-state index is 0. The Kier molecular flexibility index (Phi) is 7.82. The number of rotatable bonds is 6. The number of para-hydroxylation sites is 1. The molecule has 0 radical (unpaired) electrons. The molecule has 27 heavy (non-hydrogen) atoms. The third kappa shape index (κ3) is 5.81. The van der Waals surface area contributed by atoms with Crippen molar-refractivity contribution in [2.24, 2.45) is 11.7 Å². The number of hydrogen-bond donors (Lipinski definition) is 3. The fourth-order valence-electron chi connectivity index (χ4n) is 3.46. The smallest absolute Gasteiger partial charge is 0.251 e. The average molecular weight is 388 g/mol. The van der Waals surface area contributed by atoms with E-state index in [0.29, 0.717) is 12.1 Å². The van der Waals surface area contributed by atoms with Crippen molar-refractivity contribution in [2.75, 3.05) is 5.32 Å². The lowest BCUT2D eigenvalue weighted by Crippen LogP contribution is -2.39. The highest BCUT2D eigenvalue weighted by molar-refractivity contribution is 5.97. The van der Waals surface area contributed by atoms with Crippen LogP contribution in [0.15, 0.2) is 60.7 Å². The maximum Gasteiger partial charge on any atom is 0.251 e. The molecule has 0 heterocycles. The quantitative estimate of drug-likeness (QED) is 0.710. The molecule has 4 N–H and O–H groups in total. The number of anilines is 1. The zero-order valence-corrected chi connectivity index (χ0v) is 16.0. The van der Waals surface area contributed by atoms with E-state index in [2.05, 4.69) is 10.6 Å². The summed E-state index contributed by atoms with van der Waals surface area (Å²) in [6.45, 7) is 0. The van der Waals surface area contributed by atoms with Crippen molar-refractivity contribution in [3.63, 3.8) is 0 Å². The fourth-order valence-corrected chi connectivity index (χ4v) is 3.46. The molecule has 1 aliphatic rings. The lowest BCUT2D eigenvalue weighted by molar-refractivity contribution is -0.127. The van der Waals surface area contributed by atoms with Crippen LogP contribution in [0.25, 0.3) is 0 Å². The topological polar surface area (TPSA) is 84.2 Å². The van der Waals surface area contributed by atoms with Crippen LogP contribution in [0, 0.1) is 5.92 Å². The number of carbonyl (C=O) groups excluding carboxylic acids is 2. The second kappa shape index (κ2) is 10.1. The minimum Gasteiger partial charge on any atom is -0.341 e. The number of halogens is 1. The highest BCUT2D eigenvalue weighted by atomic mass is 35.5. The molecule has 1 aliphatic carbocycles. The summed E-state index contributed by atoms with van der Waals surface area (Å²) in [5, 5.41) is 5.76. The number of benzene rings is 2. The summed E-state index contributed by atoms with van der Waals surface area (Å²) in [6.07, 6.45) is 3.37. The van der Waals surface area contributed by atoms with Gasteiger partial charge in [0.2, 0.25) is 5.91 Å². The van der Waals surface area contributed by atoms with E-state index in [4.69, 9.17) is 5.73 Å². The van der Waals surface area contributed by atoms with Crippen LogP contribution in [0.2, 0.25) is 0 Å². The van der Waals surface area contributed by atoms with Gasteiger partial charge in [-0.2, -0.15) is 0 Å². The van der Waals surface area contributed by atoms with Gasteiger partial charge in [0.05, 0.1) is 0 Å². The molecule has 0 spiro atoms. The minimum atomic E-state index is -0.735. The van der Waals surface area contributed by atoms with Gasteiger partial charge in [0.15, 0.2) is 0 Å². The van der Waals surface area contributed by atoms with Crippen molar-refractivity contribution in [3.8, 4) is 0 Å². The van der Waals surface area contributed by atoms with Gasteiger partial charge in [0, 0.05) is 18.2 Å². The van der Waals surface area contributed by atoms with Crippen molar-refractivity contribution in [3.05, 3.63) is 66.2 Å². The molecule has 2 amide bonds. The molecule has 1 fully saturated rings. The molecule has 0 bridgehead atoms. The summed E-state index contributed by atoms with van der Waals surface area (Å²) in [5.41, 5.74) is 7.53. The average Bonchev–Trinajstić information content (AvgIpc) is 3.06. The molecular formula is C21H26ClN3O2. The SMILES string of the molecule is Cl.N[C@@H]1CCC[C@H]1CC(=O)NC(C(=O)Nc1ccccc1)c1ccccc1. The summed E-state index contributed by atoms with van der Waals surface area (Å²) in [7, 11) is 0. The highest BCUT2D eigenvalue weighted by Gasteiger charge is 2.28. The molecule has 6 heteroatoms. The van der Waals surface area contributed by atoms with Gasteiger partial charge in [-0.15, -0.1) is 12.4 Å². The number of nitrogens with two attached hydrogens (primary N) is 1. The first-order valence-corrected chi connectivity index (χ1v) is 9.09. The van der Waals surface area contributed by atoms with Gasteiger partial charge in [-0.25, -0.2) is 0 Å². The van der Waals surface area contributed by atoms with E-state index in [1.165, 1.54) is 0 Å². The van der Waals surface area contributed by atoms with E-state index in [1.54, 1.807) is 0 Å². The molecule has 1 saturated carbocycles. The Balaban J connectivity index is 0.00000261. The van der Waals surface area contributed by atoms with E-state index >= 15 is 0 Å². The fraction of sp³-hybridized carbons (Fsp3) is 0.333. The lowest BCUT2D eigenvalue weighted by Gasteiger charge is -2.21. The van der Waals surface area contributed by atoms with Gasteiger partial charge in [-0.3, -0.25) is 9.59 Å². The number of hydrogen-bond acceptors (Lipinski definition) is 3. The maximum absolute atomic E-state index is 12.8. The number of nitrogens with one attached hydrogen (secondary N) is 2. The van der Waals surface area contributed by atoms with Crippen molar-refractivity contribution >= 4 is 29.9 Å². The van der Waals surface area contributed by atoms with E-state index in [0.717, 1.165) is 24.8 Å². The Hall–Kier alpha value is -2.37. The van der Waals surface area contributed by atoms with Gasteiger partial charge in [-0.1, -0.05) is 55.0 Å². The van der Waals surface area contributed by atoms with E-state index in [1.807, 2.05) is 60.7 Å². The van der Waals surface area contributed by atoms with Crippen molar-refractivity contribution in [1.82, 2.24) is 5.32 Å². The largest absolute Gasteiger partial charge is 0.341 e. The molecule has 5 nitrogen and oxygen atoms in total. The Morgan fingerprint density at radius 1 is 1.00 bits per heavy atom. The van der Waals surface area contributed by atoms with Gasteiger partial charge in [0.1, 0.15) is 6.04 Å². The van der Waals surface area contributed by atoms with Crippen LogP contribution >= 0.6 is 12.4 Å². The van der Waals surface area contributed by atoms with Crippen molar-refractivity contribution < 1.29 is 9.59 Å². The first-order valence-electron chi connectivity index (χ1n) is 9.09. The molecule has 3 atom stereocenters. The lowest BCUT2D eigenvalue weighted by atomic mass is 9.99. The normalized spacial score (nSPS) is 19.6. The Labute approximate surface area is 166 Å². The Morgan fingerprint density at radius 2 is 1.63 bits per heavy atom.